The number of carbonyl (C=O) groups is 4. The SMILES string of the molecule is CCOC(=O)c1cn[nH]c1NC(=O)/C=C/c1ccc(OC(C)=O)c(OC(C)=O)c1. The van der Waals surface area contributed by atoms with E-state index in [4.69, 9.17) is 14.2 Å². The zero-order chi connectivity index (χ0) is 21.4. The third-order valence-electron chi connectivity index (χ3n) is 3.29. The molecule has 2 N–H and O–H groups in total. The second-order valence-corrected chi connectivity index (χ2v) is 5.60. The number of hydrogen-bond donors (Lipinski definition) is 2. The number of nitrogens with zero attached hydrogens (tertiary/aromatic N) is 1. The van der Waals surface area contributed by atoms with Crippen LogP contribution in [0.25, 0.3) is 6.08 Å². The number of ether oxygens (including phenoxy) is 3. The van der Waals surface area contributed by atoms with E-state index in [1.165, 1.54) is 44.3 Å². The Morgan fingerprint density at radius 2 is 1.79 bits per heavy atom. The molecule has 0 unspecified atom stereocenters. The summed E-state index contributed by atoms with van der Waals surface area (Å²) in [5.41, 5.74) is 0.596. The van der Waals surface area contributed by atoms with Crippen LogP contribution in [0.5, 0.6) is 11.5 Å². The lowest BCUT2D eigenvalue weighted by Gasteiger charge is -2.09. The second-order valence-electron chi connectivity index (χ2n) is 5.60. The summed E-state index contributed by atoms with van der Waals surface area (Å²) in [4.78, 5) is 46.3. The third kappa shape index (κ3) is 6.31. The molecule has 0 radical (unpaired) electrons. The van der Waals surface area contributed by atoms with Crippen molar-refractivity contribution < 1.29 is 33.4 Å². The van der Waals surface area contributed by atoms with Gasteiger partial charge < -0.3 is 19.5 Å². The minimum absolute atomic E-state index is 0.0356. The summed E-state index contributed by atoms with van der Waals surface area (Å²) in [6.07, 6.45) is 3.89. The van der Waals surface area contributed by atoms with E-state index in [1.54, 1.807) is 13.0 Å². The monoisotopic (exact) mass is 401 g/mol. The summed E-state index contributed by atoms with van der Waals surface area (Å²) >= 11 is 0. The molecule has 1 amide bonds. The van der Waals surface area contributed by atoms with E-state index in [0.29, 0.717) is 5.56 Å². The maximum Gasteiger partial charge on any atom is 0.343 e. The predicted molar refractivity (Wildman–Crippen MR) is 101 cm³/mol. The molecule has 0 bridgehead atoms. The number of benzene rings is 1. The topological polar surface area (TPSA) is 137 Å². The van der Waals surface area contributed by atoms with Gasteiger partial charge in [0, 0.05) is 19.9 Å². The summed E-state index contributed by atoms with van der Waals surface area (Å²) in [7, 11) is 0. The number of hydrogen-bond acceptors (Lipinski definition) is 8. The van der Waals surface area contributed by atoms with E-state index in [-0.39, 0.29) is 29.5 Å². The van der Waals surface area contributed by atoms with Gasteiger partial charge in [0.15, 0.2) is 11.5 Å². The van der Waals surface area contributed by atoms with Crippen LogP contribution < -0.4 is 14.8 Å². The van der Waals surface area contributed by atoms with Gasteiger partial charge >= 0.3 is 17.9 Å². The van der Waals surface area contributed by atoms with Crippen molar-refractivity contribution in [3.63, 3.8) is 0 Å². The second kappa shape index (κ2) is 9.83. The van der Waals surface area contributed by atoms with Crippen LogP contribution >= 0.6 is 0 Å². The van der Waals surface area contributed by atoms with E-state index in [2.05, 4.69) is 15.5 Å². The zero-order valence-corrected chi connectivity index (χ0v) is 16.0. The first kappa shape index (κ1) is 21.4. The van der Waals surface area contributed by atoms with Gasteiger partial charge in [-0.3, -0.25) is 19.5 Å². The molecule has 10 nitrogen and oxygen atoms in total. The molecular formula is C19H19N3O7. The van der Waals surface area contributed by atoms with E-state index in [1.807, 2.05) is 0 Å². The molecule has 152 valence electrons. The largest absolute Gasteiger partial charge is 0.462 e. The molecule has 29 heavy (non-hydrogen) atoms. The molecule has 0 atom stereocenters. The van der Waals surface area contributed by atoms with Gasteiger partial charge in [-0.2, -0.15) is 5.10 Å². The van der Waals surface area contributed by atoms with Crippen LogP contribution in [0.1, 0.15) is 36.7 Å². The minimum Gasteiger partial charge on any atom is -0.462 e. The van der Waals surface area contributed by atoms with Crippen molar-refractivity contribution >= 4 is 35.7 Å². The maximum atomic E-state index is 12.1. The van der Waals surface area contributed by atoms with E-state index in [9.17, 15) is 19.2 Å². The number of esters is 3. The third-order valence-corrected chi connectivity index (χ3v) is 3.29. The van der Waals surface area contributed by atoms with Gasteiger partial charge in [0.25, 0.3) is 0 Å². The van der Waals surface area contributed by atoms with Crippen LogP contribution in [0.15, 0.2) is 30.5 Å². The fourth-order valence-electron chi connectivity index (χ4n) is 2.18. The van der Waals surface area contributed by atoms with Crippen molar-refractivity contribution in [1.29, 1.82) is 0 Å². The Kier molecular flexibility index (Phi) is 7.24. The molecule has 2 rings (SSSR count). The van der Waals surface area contributed by atoms with E-state index < -0.39 is 23.8 Å². The average molecular weight is 401 g/mol. The smallest absolute Gasteiger partial charge is 0.343 e. The Labute approximate surface area is 165 Å². The van der Waals surface area contributed by atoms with Crippen LogP contribution in [0.3, 0.4) is 0 Å². The van der Waals surface area contributed by atoms with Crippen LogP contribution in [0.2, 0.25) is 0 Å². The lowest BCUT2D eigenvalue weighted by Crippen LogP contribution is -2.13. The summed E-state index contributed by atoms with van der Waals surface area (Å²) < 4.78 is 14.9. The molecule has 0 aliphatic carbocycles. The maximum absolute atomic E-state index is 12.1. The van der Waals surface area contributed by atoms with E-state index in [0.717, 1.165) is 0 Å². The lowest BCUT2D eigenvalue weighted by molar-refractivity contribution is -0.134. The van der Waals surface area contributed by atoms with Gasteiger partial charge in [-0.15, -0.1) is 0 Å². The Morgan fingerprint density at radius 3 is 2.45 bits per heavy atom. The van der Waals surface area contributed by atoms with Crippen molar-refractivity contribution in [1.82, 2.24) is 10.2 Å². The van der Waals surface area contributed by atoms with Gasteiger partial charge in [0.05, 0.1) is 12.8 Å². The summed E-state index contributed by atoms with van der Waals surface area (Å²) in [6, 6.07) is 4.43. The summed E-state index contributed by atoms with van der Waals surface area (Å²) in [6.45, 7) is 4.27. The Hall–Kier alpha value is -3.95. The van der Waals surface area contributed by atoms with Gasteiger partial charge in [0.1, 0.15) is 11.4 Å². The normalized spacial score (nSPS) is 10.4. The highest BCUT2D eigenvalue weighted by Crippen LogP contribution is 2.29. The van der Waals surface area contributed by atoms with Crippen LogP contribution in [0.4, 0.5) is 5.82 Å². The first-order chi connectivity index (χ1) is 13.8. The van der Waals surface area contributed by atoms with Crippen LogP contribution in [-0.4, -0.2) is 40.6 Å². The summed E-state index contributed by atoms with van der Waals surface area (Å²) in [5, 5.41) is 8.71. The number of nitrogens with one attached hydrogen (secondary N) is 2. The number of aromatic amines is 1. The van der Waals surface area contributed by atoms with Gasteiger partial charge in [-0.1, -0.05) is 6.07 Å². The first-order valence-electron chi connectivity index (χ1n) is 8.50. The quantitative estimate of drug-likeness (QED) is 0.409. The fourth-order valence-corrected chi connectivity index (χ4v) is 2.18. The number of amides is 1. The molecule has 1 aromatic carbocycles. The van der Waals surface area contributed by atoms with Crippen molar-refractivity contribution in [3.8, 4) is 11.5 Å². The van der Waals surface area contributed by atoms with Crippen LogP contribution in [0, 0.1) is 0 Å². The summed E-state index contributed by atoms with van der Waals surface area (Å²) in [5.74, 6) is -2.12. The molecule has 0 saturated heterocycles. The highest BCUT2D eigenvalue weighted by atomic mass is 16.6. The molecule has 1 heterocycles. The van der Waals surface area contributed by atoms with Crippen LogP contribution in [-0.2, 0) is 19.1 Å². The van der Waals surface area contributed by atoms with Crippen molar-refractivity contribution in [2.24, 2.45) is 0 Å². The molecule has 1 aromatic heterocycles. The average Bonchev–Trinajstić information content (AvgIpc) is 3.09. The lowest BCUT2D eigenvalue weighted by atomic mass is 10.2. The van der Waals surface area contributed by atoms with Gasteiger partial charge in [-0.25, -0.2) is 4.79 Å². The number of anilines is 1. The standard InChI is InChI=1S/C19H19N3O7/c1-4-27-19(26)14-10-20-22-18(14)21-17(25)8-6-13-5-7-15(28-11(2)23)16(9-13)29-12(3)24/h5-10H,4H2,1-3H3,(H2,20,21,22,25)/b8-6+. The first-order valence-corrected chi connectivity index (χ1v) is 8.50. The number of H-pyrrole nitrogens is 1. The molecule has 0 spiro atoms. The van der Waals surface area contributed by atoms with Gasteiger partial charge in [-0.05, 0) is 30.7 Å². The van der Waals surface area contributed by atoms with Gasteiger partial charge in [0.2, 0.25) is 5.91 Å². The van der Waals surface area contributed by atoms with E-state index >= 15 is 0 Å². The molecule has 10 heteroatoms. The number of rotatable bonds is 7. The highest BCUT2D eigenvalue weighted by Gasteiger charge is 2.16. The Bertz CT molecular complexity index is 962. The number of carbonyl (C=O) groups excluding carboxylic acids is 4. The minimum atomic E-state index is -0.618. The molecule has 0 aliphatic rings. The Morgan fingerprint density at radius 1 is 1.10 bits per heavy atom. The molecular weight excluding hydrogens is 382 g/mol. The fraction of sp³-hybridized carbons (Fsp3) is 0.211. The zero-order valence-electron chi connectivity index (χ0n) is 16.0. The molecule has 0 saturated carbocycles. The number of aromatic nitrogens is 2. The predicted octanol–water partition coefficient (Wildman–Crippen LogP) is 2.09. The Balaban J connectivity index is 2.14. The van der Waals surface area contributed by atoms with Crippen molar-refractivity contribution in [3.05, 3.63) is 41.6 Å². The van der Waals surface area contributed by atoms with Crippen molar-refractivity contribution in [2.45, 2.75) is 20.8 Å². The molecule has 0 fully saturated rings. The molecule has 2 aromatic rings. The molecule has 0 aliphatic heterocycles. The van der Waals surface area contributed by atoms with Crippen molar-refractivity contribution in [2.75, 3.05) is 11.9 Å². The highest BCUT2D eigenvalue weighted by molar-refractivity contribution is 6.05.